The van der Waals surface area contributed by atoms with Crippen molar-refractivity contribution < 1.29 is 9.05 Å². The Morgan fingerprint density at radius 1 is 0.419 bits per heavy atom. The Labute approximate surface area is 202 Å². The van der Waals surface area contributed by atoms with Gasteiger partial charge in [0.1, 0.15) is 0 Å². The van der Waals surface area contributed by atoms with E-state index in [-0.39, 0.29) is 0 Å². The summed E-state index contributed by atoms with van der Waals surface area (Å²) in [6.45, 7) is 6.36. The summed E-state index contributed by atoms with van der Waals surface area (Å²) >= 11 is 5.96. The van der Waals surface area contributed by atoms with Crippen molar-refractivity contribution >= 4 is 18.3 Å². The summed E-state index contributed by atoms with van der Waals surface area (Å²) in [5.74, 6) is 0. The summed E-state index contributed by atoms with van der Waals surface area (Å²) in [4.78, 5) is 0. The van der Waals surface area contributed by atoms with Crippen molar-refractivity contribution in [2.75, 3.05) is 19.4 Å². The maximum absolute atomic E-state index is 6.27. The van der Waals surface area contributed by atoms with E-state index in [9.17, 15) is 0 Å². The third-order valence-electron chi connectivity index (χ3n) is 6.11. The van der Waals surface area contributed by atoms with E-state index < -0.39 is 6.49 Å². The van der Waals surface area contributed by atoms with Gasteiger partial charge >= 0.3 is 0 Å². The molecule has 0 aliphatic carbocycles. The second-order valence-corrected chi connectivity index (χ2v) is 13.2. The van der Waals surface area contributed by atoms with Gasteiger partial charge in [-0.1, -0.05) is 136 Å². The molecule has 0 atom stereocenters. The fraction of sp³-hybridized carbons (Fsp3) is 1.00. The molecule has 0 heterocycles. The molecule has 0 aromatic carbocycles. The van der Waals surface area contributed by atoms with E-state index in [4.69, 9.17) is 20.9 Å². The highest BCUT2D eigenvalue weighted by Crippen LogP contribution is 2.50. The van der Waals surface area contributed by atoms with Gasteiger partial charge in [0.25, 0.3) is 0 Å². The maximum Gasteiger partial charge on any atom is 0.188 e. The average molecular weight is 477 g/mol. The second-order valence-electron chi connectivity index (χ2n) is 9.36. The summed E-state index contributed by atoms with van der Waals surface area (Å²) in [5, 5.41) is 0. The maximum atomic E-state index is 6.27. The van der Waals surface area contributed by atoms with Gasteiger partial charge in [-0.25, -0.2) is 0 Å². The molecule has 0 spiro atoms. The first kappa shape index (κ1) is 31.6. The van der Waals surface area contributed by atoms with Crippen molar-refractivity contribution in [3.8, 4) is 0 Å². The van der Waals surface area contributed by atoms with E-state index in [0.29, 0.717) is 0 Å². The molecule has 0 fully saturated rings. The van der Waals surface area contributed by atoms with E-state index in [2.05, 4.69) is 20.8 Å². The molecule has 0 amide bonds. The largest absolute Gasteiger partial charge is 0.329 e. The van der Waals surface area contributed by atoms with E-state index in [1.807, 2.05) is 0 Å². The van der Waals surface area contributed by atoms with Gasteiger partial charge in [-0.3, -0.25) is 0 Å². The minimum absolute atomic E-state index is 0.804. The zero-order valence-corrected chi connectivity index (χ0v) is 23.4. The van der Waals surface area contributed by atoms with Crippen LogP contribution < -0.4 is 0 Å². The van der Waals surface area contributed by atoms with Crippen molar-refractivity contribution in [3.63, 3.8) is 0 Å². The van der Waals surface area contributed by atoms with Crippen LogP contribution in [-0.4, -0.2) is 19.4 Å². The van der Waals surface area contributed by atoms with Crippen molar-refractivity contribution in [1.82, 2.24) is 0 Å². The van der Waals surface area contributed by atoms with Crippen LogP contribution in [0.3, 0.4) is 0 Å². The lowest BCUT2D eigenvalue weighted by atomic mass is 10.1. The van der Waals surface area contributed by atoms with Gasteiger partial charge in [0.2, 0.25) is 0 Å². The molecular formula is C27H57O2PS. The Morgan fingerprint density at radius 3 is 1.06 bits per heavy atom. The predicted molar refractivity (Wildman–Crippen MR) is 145 cm³/mol. The zero-order valence-electron chi connectivity index (χ0n) is 21.6. The van der Waals surface area contributed by atoms with Gasteiger partial charge in [-0.05, 0) is 31.1 Å². The molecule has 0 N–H and O–H groups in total. The SMILES string of the molecule is CCCCCCCCCOP(=S)(CCCCCCCCC)OCCCCCCCCC. The van der Waals surface area contributed by atoms with Crippen LogP contribution in [-0.2, 0) is 20.9 Å². The molecule has 0 saturated heterocycles. The number of hydrogen-bond acceptors (Lipinski definition) is 3. The Morgan fingerprint density at radius 2 is 0.710 bits per heavy atom. The van der Waals surface area contributed by atoms with Gasteiger partial charge in [-0.15, -0.1) is 0 Å². The molecule has 0 unspecified atom stereocenters. The highest BCUT2D eigenvalue weighted by molar-refractivity contribution is 8.09. The van der Waals surface area contributed by atoms with Crippen LogP contribution in [0, 0.1) is 0 Å². The fourth-order valence-corrected chi connectivity index (χ4v) is 6.55. The van der Waals surface area contributed by atoms with Crippen LogP contribution in [0.15, 0.2) is 0 Å². The third-order valence-corrected chi connectivity index (χ3v) is 9.30. The Hall–Kier alpha value is 0.570. The summed E-state index contributed by atoms with van der Waals surface area (Å²) < 4.78 is 12.5. The summed E-state index contributed by atoms with van der Waals surface area (Å²) in [6, 6.07) is 0. The van der Waals surface area contributed by atoms with E-state index >= 15 is 0 Å². The van der Waals surface area contributed by atoms with Crippen LogP contribution in [0.2, 0.25) is 0 Å². The van der Waals surface area contributed by atoms with E-state index in [0.717, 1.165) is 32.2 Å². The first-order chi connectivity index (χ1) is 15.2. The summed E-state index contributed by atoms with van der Waals surface area (Å²) in [7, 11) is 0. The van der Waals surface area contributed by atoms with Gasteiger partial charge in [0.15, 0.2) is 6.49 Å². The molecule has 0 aliphatic heterocycles. The van der Waals surface area contributed by atoms with E-state index in [1.165, 1.54) is 122 Å². The van der Waals surface area contributed by atoms with Crippen molar-refractivity contribution in [1.29, 1.82) is 0 Å². The first-order valence-electron chi connectivity index (χ1n) is 14.1. The molecule has 0 radical (unpaired) electrons. The van der Waals surface area contributed by atoms with Crippen LogP contribution >= 0.6 is 6.49 Å². The lowest BCUT2D eigenvalue weighted by Crippen LogP contribution is -2.03. The van der Waals surface area contributed by atoms with Crippen LogP contribution in [0.25, 0.3) is 0 Å². The molecule has 0 saturated carbocycles. The first-order valence-corrected chi connectivity index (χ1v) is 16.9. The van der Waals surface area contributed by atoms with Gasteiger partial charge in [0.05, 0.1) is 13.2 Å². The molecule has 0 aliphatic rings. The fourth-order valence-electron chi connectivity index (χ4n) is 3.95. The normalized spacial score (nSPS) is 12.0. The van der Waals surface area contributed by atoms with E-state index in [1.54, 1.807) is 0 Å². The number of unbranched alkanes of at least 4 members (excludes halogenated alkanes) is 18. The minimum atomic E-state index is -2.08. The number of rotatable bonds is 26. The minimum Gasteiger partial charge on any atom is -0.329 e. The molecule has 188 valence electrons. The molecular weight excluding hydrogens is 419 g/mol. The molecule has 0 bridgehead atoms. The summed E-state index contributed by atoms with van der Waals surface area (Å²) in [5.41, 5.74) is 0. The Kier molecular flexibility index (Phi) is 25.7. The van der Waals surface area contributed by atoms with Crippen LogP contribution in [0.5, 0.6) is 0 Å². The van der Waals surface area contributed by atoms with Gasteiger partial charge in [-0.2, -0.15) is 0 Å². The van der Waals surface area contributed by atoms with Crippen molar-refractivity contribution in [2.45, 2.75) is 156 Å². The predicted octanol–water partition coefficient (Wildman–Crippen LogP) is 10.6. The van der Waals surface area contributed by atoms with Crippen molar-refractivity contribution in [2.24, 2.45) is 0 Å². The molecule has 0 aromatic heterocycles. The zero-order chi connectivity index (χ0) is 22.9. The average Bonchev–Trinajstić information content (AvgIpc) is 2.77. The molecule has 31 heavy (non-hydrogen) atoms. The Balaban J connectivity index is 4.05. The molecule has 0 aromatic rings. The van der Waals surface area contributed by atoms with Crippen LogP contribution in [0.4, 0.5) is 0 Å². The quantitative estimate of drug-likeness (QED) is 0.0913. The highest BCUT2D eigenvalue weighted by Gasteiger charge is 2.18. The standard InChI is InChI=1S/C27H57O2PS/c1-4-7-10-13-16-19-22-25-28-30(31,27-24-21-18-15-12-9-6-3)29-26-23-20-17-14-11-8-5-2/h4-27H2,1-3H3. The lowest BCUT2D eigenvalue weighted by molar-refractivity contribution is 0.236. The van der Waals surface area contributed by atoms with Gasteiger partial charge < -0.3 is 9.05 Å². The summed E-state index contributed by atoms with van der Waals surface area (Å²) in [6.07, 6.45) is 28.6. The lowest BCUT2D eigenvalue weighted by Gasteiger charge is -2.22. The molecule has 4 heteroatoms. The third kappa shape index (κ3) is 23.5. The van der Waals surface area contributed by atoms with Crippen LogP contribution in [0.1, 0.15) is 156 Å². The smallest absolute Gasteiger partial charge is 0.188 e. The second kappa shape index (κ2) is 25.2. The van der Waals surface area contributed by atoms with Gasteiger partial charge in [0, 0.05) is 6.16 Å². The van der Waals surface area contributed by atoms with Crippen molar-refractivity contribution in [3.05, 3.63) is 0 Å². The number of hydrogen-bond donors (Lipinski definition) is 0. The molecule has 0 rings (SSSR count). The topological polar surface area (TPSA) is 18.5 Å². The Bertz CT molecular complexity index is 365. The molecule has 2 nitrogen and oxygen atoms in total. The highest BCUT2D eigenvalue weighted by atomic mass is 32.5. The monoisotopic (exact) mass is 476 g/mol.